The summed E-state index contributed by atoms with van der Waals surface area (Å²) in [7, 11) is -2.54. The lowest BCUT2D eigenvalue weighted by molar-refractivity contribution is -0.458. The smallest absolute Gasteiger partial charge is 0.319 e. The molecule has 1 aromatic carbocycles. The Bertz CT molecular complexity index is 526. The fourth-order valence-corrected chi connectivity index (χ4v) is 2.07. The molecule has 0 spiro atoms. The number of aryl methyl sites for hydroxylation is 1. The Balaban J connectivity index is 2.98. The molecule has 0 aliphatic carbocycles. The minimum absolute atomic E-state index is 0.270. The first-order valence-corrected chi connectivity index (χ1v) is 6.26. The first-order chi connectivity index (χ1) is 7.84. The van der Waals surface area contributed by atoms with Crippen LogP contribution in [0, 0.1) is 17.0 Å². The average molecular weight is 260 g/mol. The second-order valence-electron chi connectivity index (χ2n) is 3.36. The van der Waals surface area contributed by atoms with Crippen molar-refractivity contribution in [1.82, 2.24) is 0 Å². The predicted octanol–water partition coefficient (Wildman–Crippen LogP) is 0.980. The Morgan fingerprint density at radius 3 is 2.65 bits per heavy atom. The molecule has 94 valence electrons. The minimum Gasteiger partial charge on any atom is -0.497 e. The first kappa shape index (κ1) is 13.2. The van der Waals surface area contributed by atoms with E-state index in [9.17, 15) is 18.5 Å². The van der Waals surface area contributed by atoms with Crippen molar-refractivity contribution in [2.24, 2.45) is 0 Å². The van der Waals surface area contributed by atoms with E-state index >= 15 is 0 Å². The normalized spacial score (nSPS) is 10.9. The van der Waals surface area contributed by atoms with Gasteiger partial charge >= 0.3 is 5.88 Å². The van der Waals surface area contributed by atoms with Crippen molar-refractivity contribution >= 4 is 15.7 Å². The van der Waals surface area contributed by atoms with Crippen molar-refractivity contribution in [1.29, 1.82) is 0 Å². The van der Waals surface area contributed by atoms with Crippen LogP contribution in [0.2, 0.25) is 0 Å². The molecule has 0 fully saturated rings. The van der Waals surface area contributed by atoms with E-state index in [1.54, 1.807) is 19.1 Å². The summed E-state index contributed by atoms with van der Waals surface area (Å²) in [5, 5.41) is 10.2. The highest BCUT2D eigenvalue weighted by molar-refractivity contribution is 7.92. The molecular weight excluding hydrogens is 248 g/mol. The van der Waals surface area contributed by atoms with E-state index < -0.39 is 20.8 Å². The first-order valence-electron chi connectivity index (χ1n) is 4.61. The number of anilines is 1. The summed E-state index contributed by atoms with van der Waals surface area (Å²) in [4.78, 5) is 9.27. The number of hydrogen-bond donors (Lipinski definition) is 1. The zero-order chi connectivity index (χ0) is 13.1. The highest BCUT2D eigenvalue weighted by Gasteiger charge is 2.18. The van der Waals surface area contributed by atoms with Gasteiger partial charge in [0.25, 0.3) is 10.0 Å². The number of nitrogens with zero attached hydrogens (tertiary/aromatic N) is 1. The third-order valence-electron chi connectivity index (χ3n) is 1.99. The van der Waals surface area contributed by atoms with E-state index in [-0.39, 0.29) is 5.69 Å². The van der Waals surface area contributed by atoms with Crippen LogP contribution >= 0.6 is 0 Å². The summed E-state index contributed by atoms with van der Waals surface area (Å²) in [6.45, 7) is 1.68. The van der Waals surface area contributed by atoms with Gasteiger partial charge in [0.2, 0.25) is 0 Å². The number of hydrogen-bond acceptors (Lipinski definition) is 5. The van der Waals surface area contributed by atoms with Crippen molar-refractivity contribution in [3.63, 3.8) is 0 Å². The summed E-state index contributed by atoms with van der Waals surface area (Å²) >= 11 is 0. The molecule has 17 heavy (non-hydrogen) atoms. The molecule has 0 atom stereocenters. The van der Waals surface area contributed by atoms with Crippen LogP contribution in [0.25, 0.3) is 0 Å². The third-order valence-corrected chi connectivity index (χ3v) is 3.07. The molecule has 8 heteroatoms. The molecular formula is C9H12N2O5S. The van der Waals surface area contributed by atoms with Gasteiger partial charge in [0, 0.05) is 11.0 Å². The summed E-state index contributed by atoms with van der Waals surface area (Å²) < 4.78 is 29.8. The van der Waals surface area contributed by atoms with E-state index in [1.807, 2.05) is 0 Å². The SMILES string of the molecule is COc1ccc(C)c(NS(=O)(=O)C[N+](=O)[O-])c1. The summed E-state index contributed by atoms with van der Waals surface area (Å²) in [5.74, 6) is -0.696. The van der Waals surface area contributed by atoms with Crippen LogP contribution in [-0.2, 0) is 10.0 Å². The maximum atomic E-state index is 11.4. The number of nitro groups is 1. The van der Waals surface area contributed by atoms with Gasteiger partial charge in [-0.1, -0.05) is 6.07 Å². The molecule has 1 N–H and O–H groups in total. The fraction of sp³-hybridized carbons (Fsp3) is 0.333. The van der Waals surface area contributed by atoms with E-state index in [2.05, 4.69) is 4.72 Å². The fourth-order valence-electron chi connectivity index (χ4n) is 1.18. The lowest BCUT2D eigenvalue weighted by Crippen LogP contribution is -2.22. The van der Waals surface area contributed by atoms with Gasteiger partial charge in [0.05, 0.1) is 12.8 Å². The number of rotatable bonds is 5. The van der Waals surface area contributed by atoms with Gasteiger partial charge in [-0.3, -0.25) is 14.8 Å². The monoisotopic (exact) mass is 260 g/mol. The quantitative estimate of drug-likeness (QED) is 0.628. The zero-order valence-electron chi connectivity index (χ0n) is 9.34. The lowest BCUT2D eigenvalue weighted by atomic mass is 10.2. The largest absolute Gasteiger partial charge is 0.497 e. The van der Waals surface area contributed by atoms with Gasteiger partial charge in [-0.15, -0.1) is 0 Å². The van der Waals surface area contributed by atoms with E-state index in [4.69, 9.17) is 4.74 Å². The zero-order valence-corrected chi connectivity index (χ0v) is 10.2. The molecule has 0 saturated heterocycles. The van der Waals surface area contributed by atoms with Crippen molar-refractivity contribution in [3.8, 4) is 5.75 Å². The Hall–Kier alpha value is -1.83. The second kappa shape index (κ2) is 5.00. The van der Waals surface area contributed by atoms with Gasteiger partial charge in [-0.2, -0.15) is 8.42 Å². The number of nitrogens with one attached hydrogen (secondary N) is 1. The van der Waals surface area contributed by atoms with Crippen LogP contribution in [-0.4, -0.2) is 26.3 Å². The standard InChI is InChI=1S/C9H12N2O5S/c1-7-3-4-8(16-2)5-9(7)10-17(14,15)6-11(12)13/h3-5,10H,6H2,1-2H3. The molecule has 0 radical (unpaired) electrons. The molecule has 0 aliphatic rings. The molecule has 0 heterocycles. The van der Waals surface area contributed by atoms with Gasteiger partial charge in [0.15, 0.2) is 0 Å². The third kappa shape index (κ3) is 3.91. The highest BCUT2D eigenvalue weighted by atomic mass is 32.2. The molecule has 0 saturated carbocycles. The molecule has 1 aromatic rings. The maximum absolute atomic E-state index is 11.4. The second-order valence-corrected chi connectivity index (χ2v) is 5.05. The van der Waals surface area contributed by atoms with Crippen molar-refractivity contribution in [2.75, 3.05) is 17.7 Å². The average Bonchev–Trinajstić information content (AvgIpc) is 2.19. The molecule has 0 aliphatic heterocycles. The van der Waals surface area contributed by atoms with Crippen LogP contribution in [0.1, 0.15) is 5.56 Å². The van der Waals surface area contributed by atoms with Crippen LogP contribution in [0.15, 0.2) is 18.2 Å². The number of methoxy groups -OCH3 is 1. The Morgan fingerprint density at radius 1 is 1.47 bits per heavy atom. The number of sulfonamides is 1. The molecule has 0 bridgehead atoms. The Morgan fingerprint density at radius 2 is 2.12 bits per heavy atom. The Kier molecular flexibility index (Phi) is 3.89. The summed E-state index contributed by atoms with van der Waals surface area (Å²) in [6, 6.07) is 4.79. The highest BCUT2D eigenvalue weighted by Crippen LogP contribution is 2.22. The minimum atomic E-state index is -3.99. The van der Waals surface area contributed by atoms with Crippen LogP contribution < -0.4 is 9.46 Å². The Labute approximate surface area is 98.6 Å². The maximum Gasteiger partial charge on any atom is 0.319 e. The summed E-state index contributed by atoms with van der Waals surface area (Å²) in [6.07, 6.45) is 0. The van der Waals surface area contributed by atoms with E-state index in [1.165, 1.54) is 13.2 Å². The van der Waals surface area contributed by atoms with Crippen LogP contribution in [0.3, 0.4) is 0 Å². The van der Waals surface area contributed by atoms with Crippen molar-refractivity contribution < 1.29 is 18.1 Å². The number of benzene rings is 1. The molecule has 1 rings (SSSR count). The van der Waals surface area contributed by atoms with Crippen molar-refractivity contribution in [3.05, 3.63) is 33.9 Å². The topological polar surface area (TPSA) is 98.5 Å². The predicted molar refractivity (Wildman–Crippen MR) is 62.1 cm³/mol. The molecule has 7 nitrogen and oxygen atoms in total. The van der Waals surface area contributed by atoms with E-state index in [0.717, 1.165) is 0 Å². The van der Waals surface area contributed by atoms with Crippen molar-refractivity contribution in [2.45, 2.75) is 6.92 Å². The van der Waals surface area contributed by atoms with Gasteiger partial charge in [-0.25, -0.2) is 0 Å². The van der Waals surface area contributed by atoms with Gasteiger partial charge in [-0.05, 0) is 18.6 Å². The molecule has 0 unspecified atom stereocenters. The molecule has 0 amide bonds. The van der Waals surface area contributed by atoms with Crippen LogP contribution in [0.5, 0.6) is 5.75 Å². The number of ether oxygens (including phenoxy) is 1. The van der Waals surface area contributed by atoms with Gasteiger partial charge in [0.1, 0.15) is 5.75 Å². The summed E-state index contributed by atoms with van der Waals surface area (Å²) in [5.41, 5.74) is 0.920. The lowest BCUT2D eigenvalue weighted by Gasteiger charge is -2.09. The van der Waals surface area contributed by atoms with Gasteiger partial charge < -0.3 is 4.74 Å². The van der Waals surface area contributed by atoms with Crippen LogP contribution in [0.4, 0.5) is 5.69 Å². The van der Waals surface area contributed by atoms with E-state index in [0.29, 0.717) is 11.3 Å². The molecule has 0 aromatic heterocycles.